The molecule has 44 heavy (non-hydrogen) atoms. The number of benzene rings is 2. The Morgan fingerprint density at radius 3 is 2.27 bits per heavy atom. The second kappa shape index (κ2) is 11.9. The minimum atomic E-state index is -4.71. The van der Waals surface area contributed by atoms with E-state index in [4.69, 9.17) is 0 Å². The molecule has 2 aromatic carbocycles. The summed E-state index contributed by atoms with van der Waals surface area (Å²) in [6.45, 7) is 2.33. The molecule has 4 aromatic rings. The lowest BCUT2D eigenvalue weighted by atomic mass is 9.95. The standard InChI is InChI=1S/C29H26F5N5O5/c1-13-22(26(41)39(4)28(44)38(13)3)18-8-7-15(17-6-5-9-35-24(17)18)10-21(27(42)43)37-25(40)23-19(30)11-16(12-20(23)31)36-14(2)29(32,33)34/h5-9,11-12,14,21,36H,10H2,1-4H3,(H,37,40)(H,42,43)/t14?,21-/m0/s1. The van der Waals surface area contributed by atoms with Crippen molar-refractivity contribution < 1.29 is 36.6 Å². The number of fused-ring (bicyclic) bond motifs is 1. The Bertz CT molecular complexity index is 1900. The van der Waals surface area contributed by atoms with Gasteiger partial charge in [-0.3, -0.25) is 19.1 Å². The van der Waals surface area contributed by atoms with Crippen molar-refractivity contribution in [1.82, 2.24) is 19.4 Å². The number of anilines is 1. The van der Waals surface area contributed by atoms with Crippen molar-refractivity contribution in [2.45, 2.75) is 38.5 Å². The molecule has 15 heteroatoms. The van der Waals surface area contributed by atoms with E-state index in [9.17, 15) is 46.2 Å². The highest BCUT2D eigenvalue weighted by molar-refractivity contribution is 5.98. The van der Waals surface area contributed by atoms with Crippen molar-refractivity contribution in [1.29, 1.82) is 0 Å². The van der Waals surface area contributed by atoms with Crippen LogP contribution in [0.5, 0.6) is 0 Å². The Kier molecular flexibility index (Phi) is 8.61. The first-order valence-corrected chi connectivity index (χ1v) is 13.0. The largest absolute Gasteiger partial charge is 0.480 e. The molecule has 0 saturated carbocycles. The summed E-state index contributed by atoms with van der Waals surface area (Å²) in [6, 6.07) is 3.35. The summed E-state index contributed by atoms with van der Waals surface area (Å²) >= 11 is 0. The van der Waals surface area contributed by atoms with Crippen LogP contribution >= 0.6 is 0 Å². The van der Waals surface area contributed by atoms with Gasteiger partial charge in [-0.2, -0.15) is 13.2 Å². The van der Waals surface area contributed by atoms with Crippen molar-refractivity contribution in [2.75, 3.05) is 5.32 Å². The molecule has 0 aliphatic carbocycles. The van der Waals surface area contributed by atoms with Gasteiger partial charge in [0.15, 0.2) is 0 Å². The lowest BCUT2D eigenvalue weighted by Crippen LogP contribution is -2.43. The molecule has 0 saturated heterocycles. The lowest BCUT2D eigenvalue weighted by Gasteiger charge is -2.20. The Hall–Kier alpha value is -5.08. The molecule has 0 spiro atoms. The fourth-order valence-corrected chi connectivity index (χ4v) is 4.72. The molecule has 232 valence electrons. The van der Waals surface area contributed by atoms with Crippen LogP contribution in [0.25, 0.3) is 22.0 Å². The maximum absolute atomic E-state index is 14.7. The number of pyridine rings is 1. The van der Waals surface area contributed by atoms with E-state index in [0.717, 1.165) is 11.5 Å². The molecule has 1 amide bonds. The second-order valence-electron chi connectivity index (χ2n) is 10.1. The zero-order valence-electron chi connectivity index (χ0n) is 23.7. The number of aromatic nitrogens is 3. The number of alkyl halides is 3. The average molecular weight is 620 g/mol. The van der Waals surface area contributed by atoms with Crippen molar-refractivity contribution >= 4 is 28.5 Å². The van der Waals surface area contributed by atoms with Gasteiger partial charge in [-0.1, -0.05) is 18.2 Å². The number of nitrogens with zero attached hydrogens (tertiary/aromatic N) is 3. The molecule has 2 aromatic heterocycles. The Morgan fingerprint density at radius 1 is 1.05 bits per heavy atom. The highest BCUT2D eigenvalue weighted by atomic mass is 19.4. The maximum Gasteiger partial charge on any atom is 0.408 e. The van der Waals surface area contributed by atoms with Crippen LogP contribution in [0.2, 0.25) is 0 Å². The summed E-state index contributed by atoms with van der Waals surface area (Å²) in [6.07, 6.45) is -3.63. The third-order valence-corrected chi connectivity index (χ3v) is 7.26. The normalized spacial score (nSPS) is 13.0. The summed E-state index contributed by atoms with van der Waals surface area (Å²) < 4.78 is 70.2. The first-order valence-electron chi connectivity index (χ1n) is 13.0. The van der Waals surface area contributed by atoms with Gasteiger partial charge >= 0.3 is 17.8 Å². The van der Waals surface area contributed by atoms with Gasteiger partial charge in [0.1, 0.15) is 29.3 Å². The Morgan fingerprint density at radius 2 is 1.68 bits per heavy atom. The molecule has 0 aliphatic rings. The highest BCUT2D eigenvalue weighted by Crippen LogP contribution is 2.30. The minimum Gasteiger partial charge on any atom is -0.480 e. The van der Waals surface area contributed by atoms with E-state index in [1.165, 1.54) is 37.0 Å². The van der Waals surface area contributed by atoms with Gasteiger partial charge in [-0.15, -0.1) is 0 Å². The van der Waals surface area contributed by atoms with Crippen molar-refractivity contribution in [3.05, 3.63) is 91.9 Å². The number of aliphatic carboxylic acids is 1. The van der Waals surface area contributed by atoms with Crippen LogP contribution in [0, 0.1) is 18.6 Å². The number of hydrogen-bond donors (Lipinski definition) is 3. The predicted molar refractivity (Wildman–Crippen MR) is 150 cm³/mol. The topological polar surface area (TPSA) is 135 Å². The third kappa shape index (κ3) is 6.02. The monoisotopic (exact) mass is 619 g/mol. The van der Waals surface area contributed by atoms with E-state index < -0.39 is 64.3 Å². The van der Waals surface area contributed by atoms with Gasteiger partial charge < -0.3 is 20.3 Å². The maximum atomic E-state index is 14.7. The van der Waals surface area contributed by atoms with Crippen molar-refractivity contribution in [2.24, 2.45) is 14.1 Å². The fourth-order valence-electron chi connectivity index (χ4n) is 4.72. The third-order valence-electron chi connectivity index (χ3n) is 7.26. The van der Waals surface area contributed by atoms with Crippen LogP contribution in [0.3, 0.4) is 0 Å². The summed E-state index contributed by atoms with van der Waals surface area (Å²) in [4.78, 5) is 54.7. The number of rotatable bonds is 8. The van der Waals surface area contributed by atoms with Gasteiger partial charge in [0.05, 0.1) is 11.1 Å². The van der Waals surface area contributed by atoms with Gasteiger partial charge in [0.25, 0.3) is 11.5 Å². The van der Waals surface area contributed by atoms with Gasteiger partial charge in [0, 0.05) is 49.0 Å². The second-order valence-corrected chi connectivity index (χ2v) is 10.1. The van der Waals surface area contributed by atoms with E-state index >= 15 is 0 Å². The van der Waals surface area contributed by atoms with E-state index in [2.05, 4.69) is 10.3 Å². The van der Waals surface area contributed by atoms with Crippen molar-refractivity contribution in [3.63, 3.8) is 0 Å². The molecular formula is C29H26F5N5O5. The summed E-state index contributed by atoms with van der Waals surface area (Å²) in [7, 11) is 2.83. The molecule has 3 N–H and O–H groups in total. The summed E-state index contributed by atoms with van der Waals surface area (Å²) in [5.41, 5.74) is -1.26. The van der Waals surface area contributed by atoms with Crippen LogP contribution in [0.1, 0.15) is 28.5 Å². The molecule has 4 rings (SSSR count). The first-order chi connectivity index (χ1) is 20.5. The molecule has 0 aliphatic heterocycles. The quantitative estimate of drug-likeness (QED) is 0.256. The molecule has 0 bridgehead atoms. The van der Waals surface area contributed by atoms with E-state index in [1.807, 2.05) is 5.32 Å². The number of carbonyl (C=O) groups excluding carboxylic acids is 1. The number of carboxylic acids is 1. The Labute approximate surface area is 245 Å². The number of carbonyl (C=O) groups is 2. The van der Waals surface area contributed by atoms with Crippen molar-refractivity contribution in [3.8, 4) is 11.1 Å². The number of nitrogens with one attached hydrogen (secondary N) is 2. The average Bonchev–Trinajstić information content (AvgIpc) is 2.94. The number of carboxylic acid groups (broad SMARTS) is 1. The van der Waals surface area contributed by atoms with E-state index in [1.54, 1.807) is 19.1 Å². The van der Waals surface area contributed by atoms with E-state index in [0.29, 0.717) is 39.9 Å². The number of halogens is 5. The van der Waals surface area contributed by atoms with Crippen LogP contribution < -0.4 is 21.9 Å². The molecule has 2 atom stereocenters. The minimum absolute atomic E-state index is 0.196. The zero-order valence-corrected chi connectivity index (χ0v) is 23.7. The van der Waals surface area contributed by atoms with Gasteiger partial charge in [0.2, 0.25) is 0 Å². The first kappa shape index (κ1) is 31.8. The van der Waals surface area contributed by atoms with Gasteiger partial charge in [-0.05, 0) is 37.6 Å². The lowest BCUT2D eigenvalue weighted by molar-refractivity contribution is -0.139. The Balaban J connectivity index is 1.68. The van der Waals surface area contributed by atoms with Crippen LogP contribution in [-0.4, -0.2) is 49.4 Å². The van der Waals surface area contributed by atoms with Gasteiger partial charge in [-0.25, -0.2) is 18.4 Å². The molecule has 2 heterocycles. The zero-order chi connectivity index (χ0) is 32.7. The smallest absolute Gasteiger partial charge is 0.408 e. The fraction of sp³-hybridized carbons (Fsp3) is 0.276. The number of hydrogen-bond acceptors (Lipinski definition) is 6. The molecule has 1 unspecified atom stereocenters. The highest BCUT2D eigenvalue weighted by Gasteiger charge is 2.36. The van der Waals surface area contributed by atoms with Crippen LogP contribution in [0.15, 0.2) is 52.2 Å². The molecule has 0 radical (unpaired) electrons. The van der Waals surface area contributed by atoms with Crippen LogP contribution in [-0.2, 0) is 25.3 Å². The molecule has 10 nitrogen and oxygen atoms in total. The predicted octanol–water partition coefficient (Wildman–Crippen LogP) is 3.67. The number of amides is 1. The summed E-state index contributed by atoms with van der Waals surface area (Å²) in [5.74, 6) is -5.99. The molecular weight excluding hydrogens is 593 g/mol. The van der Waals surface area contributed by atoms with E-state index in [-0.39, 0.29) is 12.0 Å². The summed E-state index contributed by atoms with van der Waals surface area (Å²) in [5, 5.41) is 14.2. The van der Waals surface area contributed by atoms with Crippen LogP contribution in [0.4, 0.5) is 27.6 Å². The molecule has 0 fully saturated rings. The SMILES string of the molecule is Cc1c(-c2ccc(C[C@H](NC(=O)c3c(F)cc(NC(C)C(F)(F)F)cc3F)C(=O)O)c3cccnc23)c(=O)n(C)c(=O)n1C.